The molecule has 0 aliphatic heterocycles. The molecule has 27 heavy (non-hydrogen) atoms. The summed E-state index contributed by atoms with van der Waals surface area (Å²) in [6.45, 7) is 0. The molecule has 3 aromatic heterocycles. The third-order valence-corrected chi connectivity index (χ3v) is 6.55. The summed E-state index contributed by atoms with van der Waals surface area (Å²) >= 11 is 3.93. The van der Waals surface area contributed by atoms with Crippen molar-refractivity contribution in [1.29, 1.82) is 0 Å². The summed E-state index contributed by atoms with van der Waals surface area (Å²) in [6.07, 6.45) is 0. The van der Waals surface area contributed by atoms with Gasteiger partial charge in [-0.1, -0.05) is 12.1 Å². The van der Waals surface area contributed by atoms with Gasteiger partial charge in [0.25, 0.3) is 0 Å². The van der Waals surface area contributed by atoms with Crippen molar-refractivity contribution in [1.82, 2.24) is 0 Å². The Labute approximate surface area is 163 Å². The second kappa shape index (κ2) is 7.70. The molecule has 0 radical (unpaired) electrons. The van der Waals surface area contributed by atoms with Crippen molar-refractivity contribution < 1.29 is 29.4 Å². The van der Waals surface area contributed by atoms with E-state index in [1.807, 2.05) is 0 Å². The van der Waals surface area contributed by atoms with Crippen molar-refractivity contribution in [2.45, 2.75) is 0 Å². The maximum atomic E-state index is 11.8. The summed E-state index contributed by atoms with van der Waals surface area (Å²) in [5, 5.41) is 26.0. The number of carboxylic acids is 2. The topological polar surface area (TPSA) is 133 Å². The normalized spacial score (nSPS) is 10.4. The highest BCUT2D eigenvalue weighted by molar-refractivity contribution is 7.27. The molecule has 11 heteroatoms. The number of carbonyl (C=O) groups is 4. The van der Waals surface area contributed by atoms with Crippen LogP contribution in [0, 0.1) is 0 Å². The zero-order valence-corrected chi connectivity index (χ0v) is 15.7. The van der Waals surface area contributed by atoms with E-state index in [9.17, 15) is 19.2 Å². The predicted molar refractivity (Wildman–Crippen MR) is 103 cm³/mol. The Morgan fingerprint density at radius 1 is 0.741 bits per heavy atom. The van der Waals surface area contributed by atoms with Crippen molar-refractivity contribution >= 4 is 69.1 Å². The molecule has 0 aliphatic rings. The quantitative estimate of drug-likeness (QED) is 0.477. The van der Waals surface area contributed by atoms with Gasteiger partial charge in [0.2, 0.25) is 0 Å². The van der Waals surface area contributed by atoms with E-state index in [4.69, 9.17) is 10.2 Å². The van der Waals surface area contributed by atoms with Crippen LogP contribution in [0.2, 0.25) is 0 Å². The fourth-order valence-electron chi connectivity index (χ4n) is 2.17. The average molecular weight is 422 g/mol. The predicted octanol–water partition coefficient (Wildman–Crippen LogP) is 3.25. The Bertz CT molecular complexity index is 940. The minimum Gasteiger partial charge on any atom is -0.474 e. The van der Waals surface area contributed by atoms with Crippen molar-refractivity contribution in [3.8, 4) is 19.5 Å². The molecule has 0 saturated carbocycles. The SMILES string of the molecule is O=C(O)C(=O)Nc1c(-c2cccs2)sc(-c2cccs2)c1NC(=O)C(=O)O. The average Bonchev–Trinajstić information content (AvgIpc) is 3.35. The molecule has 4 N–H and O–H groups in total. The summed E-state index contributed by atoms with van der Waals surface area (Å²) in [4.78, 5) is 48.0. The molecule has 0 unspecified atom stereocenters. The lowest BCUT2D eigenvalue weighted by Gasteiger charge is -2.09. The first-order chi connectivity index (χ1) is 12.9. The number of hydrogen-bond donors (Lipinski definition) is 4. The minimum atomic E-state index is -1.70. The van der Waals surface area contributed by atoms with Gasteiger partial charge in [-0.15, -0.1) is 34.0 Å². The van der Waals surface area contributed by atoms with Gasteiger partial charge in [0.05, 0.1) is 21.1 Å². The van der Waals surface area contributed by atoms with Crippen LogP contribution in [0.15, 0.2) is 35.0 Å². The first-order valence-corrected chi connectivity index (χ1v) is 9.79. The zero-order valence-electron chi connectivity index (χ0n) is 13.2. The Morgan fingerprint density at radius 2 is 1.15 bits per heavy atom. The molecule has 0 fully saturated rings. The highest BCUT2D eigenvalue weighted by Crippen LogP contribution is 2.51. The van der Waals surface area contributed by atoms with Gasteiger partial charge < -0.3 is 20.8 Å². The van der Waals surface area contributed by atoms with Crippen LogP contribution in [0.5, 0.6) is 0 Å². The highest BCUT2D eigenvalue weighted by Gasteiger charge is 2.27. The lowest BCUT2D eigenvalue weighted by molar-refractivity contribution is -0.147. The van der Waals surface area contributed by atoms with Crippen LogP contribution in [0.3, 0.4) is 0 Å². The Morgan fingerprint density at radius 3 is 1.44 bits per heavy atom. The molecule has 0 spiro atoms. The smallest absolute Gasteiger partial charge is 0.394 e. The zero-order chi connectivity index (χ0) is 19.6. The molecule has 3 heterocycles. The van der Waals surface area contributed by atoms with Crippen molar-refractivity contribution in [2.75, 3.05) is 10.6 Å². The van der Waals surface area contributed by atoms with E-state index in [1.165, 1.54) is 34.0 Å². The standard InChI is InChI=1S/C16H10N2O6S3/c19-13(15(21)22)17-9-10(18-14(20)16(23)24)12(8-4-2-6-26-8)27-11(9)7-3-1-5-25-7/h1-6H,(H,17,19)(H,18,20)(H,21,22)(H,23,24). The summed E-state index contributed by atoms with van der Waals surface area (Å²) in [7, 11) is 0. The van der Waals surface area contributed by atoms with E-state index in [2.05, 4.69) is 10.6 Å². The van der Waals surface area contributed by atoms with Gasteiger partial charge in [-0.2, -0.15) is 0 Å². The Kier molecular flexibility index (Phi) is 5.35. The number of rotatable bonds is 4. The van der Waals surface area contributed by atoms with Crippen LogP contribution in [-0.2, 0) is 19.2 Å². The van der Waals surface area contributed by atoms with E-state index >= 15 is 0 Å². The molecule has 0 aromatic carbocycles. The maximum absolute atomic E-state index is 11.8. The van der Waals surface area contributed by atoms with E-state index in [0.29, 0.717) is 9.75 Å². The second-order valence-electron chi connectivity index (χ2n) is 4.98. The molecular weight excluding hydrogens is 412 g/mol. The van der Waals surface area contributed by atoms with Crippen LogP contribution in [0.1, 0.15) is 0 Å². The Hall–Kier alpha value is -3.02. The van der Waals surface area contributed by atoms with E-state index in [1.54, 1.807) is 35.0 Å². The fourth-order valence-corrected chi connectivity index (χ4v) is 5.10. The molecule has 3 rings (SSSR count). The number of nitrogens with one attached hydrogen (secondary N) is 2. The summed E-state index contributed by atoms with van der Waals surface area (Å²) in [6, 6.07) is 7.10. The van der Waals surface area contributed by atoms with Crippen molar-refractivity contribution in [3.63, 3.8) is 0 Å². The van der Waals surface area contributed by atoms with Gasteiger partial charge in [0.15, 0.2) is 0 Å². The molecule has 0 atom stereocenters. The summed E-state index contributed by atoms with van der Waals surface area (Å²) < 4.78 is 0. The number of amides is 2. The van der Waals surface area contributed by atoms with E-state index in [0.717, 1.165) is 9.75 Å². The number of carbonyl (C=O) groups excluding carboxylic acids is 2. The van der Waals surface area contributed by atoms with E-state index < -0.39 is 23.8 Å². The first kappa shape index (κ1) is 18.8. The van der Waals surface area contributed by atoms with Gasteiger partial charge in [-0.3, -0.25) is 9.59 Å². The van der Waals surface area contributed by atoms with Crippen LogP contribution in [0.25, 0.3) is 19.5 Å². The van der Waals surface area contributed by atoms with Crippen LogP contribution in [0.4, 0.5) is 11.4 Å². The van der Waals surface area contributed by atoms with Crippen molar-refractivity contribution in [3.05, 3.63) is 35.0 Å². The number of thiophene rings is 3. The molecule has 0 bridgehead atoms. The summed E-state index contributed by atoms with van der Waals surface area (Å²) in [5.41, 5.74) is 0.0979. The number of anilines is 2. The number of hydrogen-bond acceptors (Lipinski definition) is 7. The molecule has 2 amide bonds. The lowest BCUT2D eigenvalue weighted by Crippen LogP contribution is -2.25. The van der Waals surface area contributed by atoms with Gasteiger partial charge in [0.1, 0.15) is 0 Å². The molecule has 0 saturated heterocycles. The molecule has 138 valence electrons. The van der Waals surface area contributed by atoms with Crippen LogP contribution >= 0.6 is 34.0 Å². The monoisotopic (exact) mass is 422 g/mol. The van der Waals surface area contributed by atoms with Gasteiger partial charge in [-0.25, -0.2) is 9.59 Å². The fraction of sp³-hybridized carbons (Fsp3) is 0. The number of aliphatic carboxylic acids is 2. The van der Waals surface area contributed by atoms with E-state index in [-0.39, 0.29) is 11.4 Å². The van der Waals surface area contributed by atoms with Crippen LogP contribution < -0.4 is 10.6 Å². The molecular formula is C16H10N2O6S3. The molecule has 0 aliphatic carbocycles. The Balaban J connectivity index is 2.21. The number of carboxylic acid groups (broad SMARTS) is 2. The third-order valence-electron chi connectivity index (χ3n) is 3.26. The molecule has 3 aromatic rings. The largest absolute Gasteiger partial charge is 0.474 e. The second-order valence-corrected chi connectivity index (χ2v) is 7.90. The highest BCUT2D eigenvalue weighted by atomic mass is 32.1. The lowest BCUT2D eigenvalue weighted by atomic mass is 10.2. The molecule has 8 nitrogen and oxygen atoms in total. The van der Waals surface area contributed by atoms with Gasteiger partial charge in [0, 0.05) is 9.75 Å². The van der Waals surface area contributed by atoms with Gasteiger partial charge >= 0.3 is 23.8 Å². The minimum absolute atomic E-state index is 0.0489. The van der Waals surface area contributed by atoms with Crippen LogP contribution in [-0.4, -0.2) is 34.0 Å². The van der Waals surface area contributed by atoms with Crippen molar-refractivity contribution in [2.24, 2.45) is 0 Å². The summed E-state index contributed by atoms with van der Waals surface area (Å²) in [5.74, 6) is -6.00. The third kappa shape index (κ3) is 3.89. The first-order valence-electron chi connectivity index (χ1n) is 7.21. The van der Waals surface area contributed by atoms with Gasteiger partial charge in [-0.05, 0) is 22.9 Å². The maximum Gasteiger partial charge on any atom is 0.394 e.